The van der Waals surface area contributed by atoms with Gasteiger partial charge in [0.05, 0.1) is 24.3 Å². The summed E-state index contributed by atoms with van der Waals surface area (Å²) in [5, 5.41) is 6.61. The van der Waals surface area contributed by atoms with E-state index >= 15 is 0 Å². The molecule has 0 bridgehead atoms. The number of nitrogens with one attached hydrogen (secondary N) is 2. The number of ether oxygens (including phenoxy) is 1. The van der Waals surface area contributed by atoms with Gasteiger partial charge in [-0.3, -0.25) is 4.79 Å². The molecule has 0 radical (unpaired) electrons. The summed E-state index contributed by atoms with van der Waals surface area (Å²) in [5.74, 6) is -2.07. The molecular weight excluding hydrogens is 355 g/mol. The number of esters is 1. The van der Waals surface area contributed by atoms with Gasteiger partial charge in [0, 0.05) is 27.9 Å². The Morgan fingerprint density at radius 2 is 2.12 bits per heavy atom. The van der Waals surface area contributed by atoms with E-state index in [-0.39, 0.29) is 5.91 Å². The minimum Gasteiger partial charge on any atom is -0.465 e. The van der Waals surface area contributed by atoms with E-state index in [1.54, 1.807) is 6.92 Å². The maximum atomic E-state index is 13.8. The molecule has 2 aromatic heterocycles. The lowest BCUT2D eigenvalue weighted by Gasteiger charge is -2.13. The molecule has 7 heteroatoms. The smallest absolute Gasteiger partial charge is 0.340 e. The largest absolute Gasteiger partial charge is 0.465 e. The standard InChI is InChI=1S/C19H15FN2O3S/c1-9-14(19(24)25-2)16(17(21-9)10-5-6-26-8-10)15-12-7-11(20)3-4-13(12)22-18(15)23/h3-8,15,21H,1-2H3,(H,22,23)/t15-/m0/s1. The van der Waals surface area contributed by atoms with Gasteiger partial charge < -0.3 is 15.0 Å². The number of H-pyrrole nitrogens is 1. The van der Waals surface area contributed by atoms with Crippen molar-refractivity contribution in [2.24, 2.45) is 0 Å². The lowest BCUT2D eigenvalue weighted by Crippen LogP contribution is -2.17. The first kappa shape index (κ1) is 16.5. The van der Waals surface area contributed by atoms with Crippen LogP contribution in [-0.2, 0) is 9.53 Å². The lowest BCUT2D eigenvalue weighted by molar-refractivity contribution is -0.116. The maximum absolute atomic E-state index is 13.8. The molecule has 1 amide bonds. The molecule has 1 aromatic carbocycles. The van der Waals surface area contributed by atoms with Gasteiger partial charge in [0.25, 0.3) is 0 Å². The normalized spacial score (nSPS) is 15.7. The van der Waals surface area contributed by atoms with Gasteiger partial charge in [-0.2, -0.15) is 11.3 Å². The van der Waals surface area contributed by atoms with Crippen LogP contribution in [0.15, 0.2) is 35.0 Å². The second-order valence-electron chi connectivity index (χ2n) is 6.07. The van der Waals surface area contributed by atoms with Crippen molar-refractivity contribution in [1.82, 2.24) is 4.98 Å². The van der Waals surface area contributed by atoms with Gasteiger partial charge in [0.15, 0.2) is 0 Å². The van der Waals surface area contributed by atoms with Crippen LogP contribution in [0.25, 0.3) is 11.3 Å². The highest BCUT2D eigenvalue weighted by Gasteiger charge is 2.39. The van der Waals surface area contributed by atoms with E-state index in [4.69, 9.17) is 4.74 Å². The SMILES string of the molecule is COC(=O)c1c(C)[nH]c(-c2ccsc2)c1[C@H]1C(=O)Nc2ccc(F)cc21. The second kappa shape index (κ2) is 6.10. The van der Waals surface area contributed by atoms with Crippen molar-refractivity contribution < 1.29 is 18.7 Å². The van der Waals surface area contributed by atoms with Gasteiger partial charge in [0.1, 0.15) is 5.82 Å². The molecule has 0 saturated heterocycles. The maximum Gasteiger partial charge on any atom is 0.340 e. The quantitative estimate of drug-likeness (QED) is 0.683. The number of methoxy groups -OCH3 is 1. The van der Waals surface area contributed by atoms with Crippen molar-refractivity contribution in [2.75, 3.05) is 12.4 Å². The van der Waals surface area contributed by atoms with Crippen molar-refractivity contribution in [2.45, 2.75) is 12.8 Å². The fraction of sp³-hybridized carbons (Fsp3) is 0.158. The molecule has 0 spiro atoms. The van der Waals surface area contributed by atoms with Crippen molar-refractivity contribution >= 4 is 28.9 Å². The lowest BCUT2D eigenvalue weighted by atomic mass is 9.88. The Labute approximate surface area is 152 Å². The molecule has 1 aliphatic heterocycles. The zero-order valence-electron chi connectivity index (χ0n) is 14.1. The number of hydrogen-bond acceptors (Lipinski definition) is 4. The van der Waals surface area contributed by atoms with Gasteiger partial charge >= 0.3 is 5.97 Å². The third-order valence-corrected chi connectivity index (χ3v) is 5.24. The minimum absolute atomic E-state index is 0.300. The first-order valence-corrected chi connectivity index (χ1v) is 8.89. The summed E-state index contributed by atoms with van der Waals surface area (Å²) < 4.78 is 18.8. The van der Waals surface area contributed by atoms with Crippen LogP contribution in [0, 0.1) is 12.7 Å². The number of benzene rings is 1. The Balaban J connectivity index is 2.01. The Bertz CT molecular complexity index is 1020. The number of anilines is 1. The topological polar surface area (TPSA) is 71.2 Å². The van der Waals surface area contributed by atoms with Gasteiger partial charge in [-0.15, -0.1) is 0 Å². The van der Waals surface area contributed by atoms with Crippen LogP contribution >= 0.6 is 11.3 Å². The highest BCUT2D eigenvalue weighted by Crippen LogP contribution is 2.44. The molecular formula is C19H15FN2O3S. The average molecular weight is 370 g/mol. The summed E-state index contributed by atoms with van der Waals surface area (Å²) in [7, 11) is 1.30. The predicted molar refractivity (Wildman–Crippen MR) is 97.1 cm³/mol. The Kier molecular flexibility index (Phi) is 3.88. The number of thiophene rings is 1. The third-order valence-electron chi connectivity index (χ3n) is 4.56. The number of rotatable bonds is 3. The summed E-state index contributed by atoms with van der Waals surface area (Å²) in [4.78, 5) is 28.4. The van der Waals surface area contributed by atoms with Crippen molar-refractivity contribution in [3.63, 3.8) is 0 Å². The van der Waals surface area contributed by atoms with Crippen LogP contribution in [0.1, 0.15) is 33.1 Å². The average Bonchev–Trinajstić information content (AvgIpc) is 3.31. The molecule has 1 atom stereocenters. The summed E-state index contributed by atoms with van der Waals surface area (Å²) in [6, 6.07) is 6.06. The summed E-state index contributed by atoms with van der Waals surface area (Å²) >= 11 is 1.51. The van der Waals surface area contributed by atoms with Gasteiger partial charge in [-0.25, -0.2) is 9.18 Å². The number of fused-ring (bicyclic) bond motifs is 1. The van der Waals surface area contributed by atoms with Crippen LogP contribution in [0.4, 0.5) is 10.1 Å². The molecule has 4 rings (SSSR count). The highest BCUT2D eigenvalue weighted by molar-refractivity contribution is 7.08. The molecule has 0 unspecified atom stereocenters. The van der Waals surface area contributed by atoms with E-state index in [1.807, 2.05) is 16.8 Å². The van der Waals surface area contributed by atoms with E-state index in [1.165, 1.54) is 36.6 Å². The molecule has 3 heterocycles. The van der Waals surface area contributed by atoms with Gasteiger partial charge in [-0.05, 0) is 42.1 Å². The first-order valence-electron chi connectivity index (χ1n) is 7.95. The molecule has 3 aromatic rings. The monoisotopic (exact) mass is 370 g/mol. The van der Waals surface area contributed by atoms with Crippen LogP contribution in [0.3, 0.4) is 0 Å². The zero-order chi connectivity index (χ0) is 18.4. The Morgan fingerprint density at radius 1 is 1.31 bits per heavy atom. The number of hydrogen-bond donors (Lipinski definition) is 2. The summed E-state index contributed by atoms with van der Waals surface area (Å²) in [6.45, 7) is 1.75. The Hall–Kier alpha value is -2.93. The number of aryl methyl sites for hydroxylation is 1. The molecule has 132 valence electrons. The molecule has 2 N–H and O–H groups in total. The molecule has 1 aliphatic rings. The number of aromatic nitrogens is 1. The molecule has 26 heavy (non-hydrogen) atoms. The van der Waals surface area contributed by atoms with Crippen molar-refractivity contribution in [3.05, 3.63) is 63.2 Å². The fourth-order valence-corrected chi connectivity index (χ4v) is 4.10. The van der Waals surface area contributed by atoms with Gasteiger partial charge in [0.2, 0.25) is 5.91 Å². The molecule has 0 aliphatic carbocycles. The van der Waals surface area contributed by atoms with E-state index in [0.717, 1.165) is 5.56 Å². The first-order chi connectivity index (χ1) is 12.5. The number of halogens is 1. The second-order valence-corrected chi connectivity index (χ2v) is 6.85. The van der Waals surface area contributed by atoms with Crippen molar-refractivity contribution in [3.8, 4) is 11.3 Å². The molecule has 0 saturated carbocycles. The molecule has 5 nitrogen and oxygen atoms in total. The van der Waals surface area contributed by atoms with E-state index in [0.29, 0.717) is 33.8 Å². The third kappa shape index (κ3) is 2.43. The Morgan fingerprint density at radius 3 is 2.81 bits per heavy atom. The fourth-order valence-electron chi connectivity index (χ4n) is 3.45. The van der Waals surface area contributed by atoms with Crippen LogP contribution in [0.5, 0.6) is 0 Å². The predicted octanol–water partition coefficient (Wildman–Crippen LogP) is 4.06. The zero-order valence-corrected chi connectivity index (χ0v) is 14.9. The van der Waals surface area contributed by atoms with Crippen LogP contribution < -0.4 is 5.32 Å². The summed E-state index contributed by atoms with van der Waals surface area (Å²) in [5.41, 5.74) is 4.01. The van der Waals surface area contributed by atoms with E-state index in [2.05, 4.69) is 10.3 Å². The van der Waals surface area contributed by atoms with E-state index < -0.39 is 17.7 Å². The summed E-state index contributed by atoms with van der Waals surface area (Å²) in [6.07, 6.45) is 0. The number of aromatic amines is 1. The van der Waals surface area contributed by atoms with Gasteiger partial charge in [-0.1, -0.05) is 0 Å². The van der Waals surface area contributed by atoms with Crippen molar-refractivity contribution in [1.29, 1.82) is 0 Å². The number of amides is 1. The van der Waals surface area contributed by atoms with Crippen LogP contribution in [0.2, 0.25) is 0 Å². The minimum atomic E-state index is -0.797. The highest BCUT2D eigenvalue weighted by atomic mass is 32.1. The number of carbonyl (C=O) groups excluding carboxylic acids is 2. The van der Waals surface area contributed by atoms with Crippen LogP contribution in [-0.4, -0.2) is 24.0 Å². The van der Waals surface area contributed by atoms with E-state index in [9.17, 15) is 14.0 Å². The number of carbonyl (C=O) groups is 2. The molecule has 0 fully saturated rings.